The third kappa shape index (κ3) is 14.2. The second-order valence-corrected chi connectivity index (χ2v) is 6.94. The van der Waals surface area contributed by atoms with Crippen molar-refractivity contribution < 1.29 is 9.90 Å². The Bertz CT molecular complexity index is 547. The average molecular weight is 387 g/mol. The standard InChI is InChI=1S/C24H38N2O2/c1-2-22-23(26-22)18-16-14-12-10-8-6-4-3-5-7-9-11-13-15-17-19-24(28)25-20-21-27/h3-4,7-10,13-16,22-23,26-27H,2,5-6,11-12,17-21H2,1H3,(H,25,28)/b4-3-,9-7-,10-8-,15-13-,16-14-. The highest BCUT2D eigenvalue weighted by Gasteiger charge is 2.32. The first-order valence-corrected chi connectivity index (χ1v) is 10.7. The van der Waals surface area contributed by atoms with E-state index in [1.165, 1.54) is 6.42 Å². The molecule has 28 heavy (non-hydrogen) atoms. The van der Waals surface area contributed by atoms with Gasteiger partial charge in [0.2, 0.25) is 5.91 Å². The molecular weight excluding hydrogens is 348 g/mol. The van der Waals surface area contributed by atoms with Gasteiger partial charge in [-0.25, -0.2) is 0 Å². The third-order valence-corrected chi connectivity index (χ3v) is 4.53. The molecule has 2 unspecified atom stereocenters. The Morgan fingerprint density at radius 3 is 1.89 bits per heavy atom. The highest BCUT2D eigenvalue weighted by molar-refractivity contribution is 5.75. The van der Waals surface area contributed by atoms with Gasteiger partial charge < -0.3 is 15.7 Å². The van der Waals surface area contributed by atoms with Crippen LogP contribution in [0.15, 0.2) is 60.8 Å². The fourth-order valence-electron chi connectivity index (χ4n) is 2.80. The molecule has 0 radical (unpaired) electrons. The second kappa shape index (κ2) is 17.2. The molecule has 0 spiro atoms. The Labute approximate surface area is 171 Å². The van der Waals surface area contributed by atoms with E-state index >= 15 is 0 Å². The molecule has 2 atom stereocenters. The van der Waals surface area contributed by atoms with Gasteiger partial charge in [-0.05, 0) is 44.9 Å². The van der Waals surface area contributed by atoms with Crippen LogP contribution in [0.3, 0.4) is 0 Å². The molecule has 1 saturated heterocycles. The summed E-state index contributed by atoms with van der Waals surface area (Å²) in [6.07, 6.45) is 29.3. The van der Waals surface area contributed by atoms with Gasteiger partial charge in [0.25, 0.3) is 0 Å². The summed E-state index contributed by atoms with van der Waals surface area (Å²) in [5.41, 5.74) is 0. The number of carbonyl (C=O) groups is 1. The number of nitrogens with one attached hydrogen (secondary N) is 2. The van der Waals surface area contributed by atoms with Crippen molar-refractivity contribution in [1.82, 2.24) is 10.6 Å². The van der Waals surface area contributed by atoms with Gasteiger partial charge >= 0.3 is 0 Å². The molecular formula is C24H38N2O2. The third-order valence-electron chi connectivity index (χ3n) is 4.53. The topological polar surface area (TPSA) is 71.3 Å². The summed E-state index contributed by atoms with van der Waals surface area (Å²) in [5, 5.41) is 14.7. The first-order chi connectivity index (χ1) is 13.8. The van der Waals surface area contributed by atoms with E-state index in [0.717, 1.165) is 50.6 Å². The van der Waals surface area contributed by atoms with Gasteiger partial charge in [0.1, 0.15) is 0 Å². The number of rotatable bonds is 16. The van der Waals surface area contributed by atoms with Crippen LogP contribution in [0.2, 0.25) is 0 Å². The molecule has 0 aliphatic carbocycles. The van der Waals surface area contributed by atoms with E-state index in [0.29, 0.717) is 13.0 Å². The molecule has 0 aromatic heterocycles. The average Bonchev–Trinajstić information content (AvgIpc) is 3.47. The minimum atomic E-state index is -0.00915. The zero-order valence-electron chi connectivity index (χ0n) is 17.4. The SMILES string of the molecule is CCC1NC1C/C=C\C/C=C\C/C=C\C/C=C\C/C=C\CCC(=O)NCCO. The maximum Gasteiger partial charge on any atom is 0.220 e. The molecule has 0 aromatic rings. The second-order valence-electron chi connectivity index (χ2n) is 6.94. The van der Waals surface area contributed by atoms with Crippen molar-refractivity contribution >= 4 is 5.91 Å². The molecule has 0 bridgehead atoms. The van der Waals surface area contributed by atoms with Crippen LogP contribution < -0.4 is 10.6 Å². The van der Waals surface area contributed by atoms with Crippen LogP contribution in [-0.2, 0) is 4.79 Å². The number of allylic oxidation sites excluding steroid dienone is 9. The lowest BCUT2D eigenvalue weighted by molar-refractivity contribution is -0.121. The van der Waals surface area contributed by atoms with Gasteiger partial charge in [0, 0.05) is 25.0 Å². The summed E-state index contributed by atoms with van der Waals surface area (Å²) in [5.74, 6) is -0.00915. The predicted molar refractivity (Wildman–Crippen MR) is 119 cm³/mol. The van der Waals surface area contributed by atoms with Crippen LogP contribution in [0.4, 0.5) is 0 Å². The Morgan fingerprint density at radius 1 is 0.857 bits per heavy atom. The molecule has 0 saturated carbocycles. The van der Waals surface area contributed by atoms with E-state index in [4.69, 9.17) is 5.11 Å². The Kier molecular flexibility index (Phi) is 14.8. The van der Waals surface area contributed by atoms with Gasteiger partial charge in [-0.2, -0.15) is 0 Å². The molecule has 3 N–H and O–H groups in total. The number of amides is 1. The molecule has 1 amide bonds. The Balaban J connectivity index is 1.90. The van der Waals surface area contributed by atoms with Crippen LogP contribution in [0.5, 0.6) is 0 Å². The van der Waals surface area contributed by atoms with Crippen molar-refractivity contribution in [2.75, 3.05) is 13.2 Å². The van der Waals surface area contributed by atoms with E-state index in [1.54, 1.807) is 0 Å². The smallest absolute Gasteiger partial charge is 0.220 e. The van der Waals surface area contributed by atoms with Crippen molar-refractivity contribution in [3.8, 4) is 0 Å². The van der Waals surface area contributed by atoms with E-state index < -0.39 is 0 Å². The predicted octanol–water partition coefficient (Wildman–Crippen LogP) is 4.36. The summed E-state index contributed by atoms with van der Waals surface area (Å²) < 4.78 is 0. The highest BCUT2D eigenvalue weighted by atomic mass is 16.3. The van der Waals surface area contributed by atoms with E-state index in [9.17, 15) is 4.79 Å². The lowest BCUT2D eigenvalue weighted by Gasteiger charge is -1.99. The largest absolute Gasteiger partial charge is 0.395 e. The number of hydrogen-bond donors (Lipinski definition) is 3. The first kappa shape index (κ1) is 24.1. The lowest BCUT2D eigenvalue weighted by Crippen LogP contribution is -2.25. The molecule has 4 heteroatoms. The van der Waals surface area contributed by atoms with Crippen LogP contribution >= 0.6 is 0 Å². The summed E-state index contributed by atoms with van der Waals surface area (Å²) in [6, 6.07) is 1.48. The van der Waals surface area contributed by atoms with Gasteiger partial charge in [0.15, 0.2) is 0 Å². The number of aliphatic hydroxyl groups is 1. The van der Waals surface area contributed by atoms with Crippen LogP contribution in [0.1, 0.15) is 58.3 Å². The van der Waals surface area contributed by atoms with E-state index in [2.05, 4.69) is 72.2 Å². The van der Waals surface area contributed by atoms with Crippen LogP contribution in [0, 0.1) is 0 Å². The molecule has 1 aliphatic heterocycles. The number of carbonyl (C=O) groups excluding carboxylic acids is 1. The van der Waals surface area contributed by atoms with Crippen molar-refractivity contribution in [2.24, 2.45) is 0 Å². The molecule has 0 aromatic carbocycles. The summed E-state index contributed by atoms with van der Waals surface area (Å²) in [4.78, 5) is 11.3. The van der Waals surface area contributed by atoms with Crippen LogP contribution in [0.25, 0.3) is 0 Å². The summed E-state index contributed by atoms with van der Waals surface area (Å²) in [6.45, 7) is 2.56. The Morgan fingerprint density at radius 2 is 1.39 bits per heavy atom. The maximum absolute atomic E-state index is 11.3. The van der Waals surface area contributed by atoms with Crippen molar-refractivity contribution in [2.45, 2.75) is 70.4 Å². The summed E-state index contributed by atoms with van der Waals surface area (Å²) >= 11 is 0. The molecule has 1 aliphatic rings. The van der Waals surface area contributed by atoms with Crippen molar-refractivity contribution in [3.63, 3.8) is 0 Å². The van der Waals surface area contributed by atoms with Crippen LogP contribution in [-0.4, -0.2) is 36.2 Å². The van der Waals surface area contributed by atoms with Crippen molar-refractivity contribution in [3.05, 3.63) is 60.8 Å². The monoisotopic (exact) mass is 386 g/mol. The maximum atomic E-state index is 11.3. The minimum absolute atomic E-state index is 0.00754. The van der Waals surface area contributed by atoms with E-state index in [1.807, 2.05) is 6.08 Å². The van der Waals surface area contributed by atoms with Gasteiger partial charge in [-0.1, -0.05) is 67.7 Å². The lowest BCUT2D eigenvalue weighted by atomic mass is 10.2. The van der Waals surface area contributed by atoms with E-state index in [-0.39, 0.29) is 12.5 Å². The van der Waals surface area contributed by atoms with Gasteiger partial charge in [-0.15, -0.1) is 0 Å². The first-order valence-electron chi connectivity index (χ1n) is 10.7. The highest BCUT2D eigenvalue weighted by Crippen LogP contribution is 2.18. The fraction of sp³-hybridized carbons (Fsp3) is 0.542. The van der Waals surface area contributed by atoms with Gasteiger partial charge in [0.05, 0.1) is 6.61 Å². The molecule has 156 valence electrons. The molecule has 4 nitrogen and oxygen atoms in total. The minimum Gasteiger partial charge on any atom is -0.395 e. The normalized spacial score (nSPS) is 19.8. The zero-order chi connectivity index (χ0) is 20.3. The zero-order valence-corrected chi connectivity index (χ0v) is 17.4. The molecule has 1 fully saturated rings. The number of aliphatic hydroxyl groups excluding tert-OH is 1. The molecule has 1 heterocycles. The fourth-order valence-corrected chi connectivity index (χ4v) is 2.80. The summed E-state index contributed by atoms with van der Waals surface area (Å²) in [7, 11) is 0. The van der Waals surface area contributed by atoms with Crippen molar-refractivity contribution in [1.29, 1.82) is 0 Å². The quantitative estimate of drug-likeness (QED) is 0.273. The molecule has 1 rings (SSSR count). The number of hydrogen-bond acceptors (Lipinski definition) is 3. The Hall–Kier alpha value is -1.91. The van der Waals surface area contributed by atoms with Gasteiger partial charge in [-0.3, -0.25) is 4.79 Å².